The number of nitrogens with one attached hydrogen (secondary N) is 1. The normalized spacial score (nSPS) is 17.7. The molecule has 1 aliphatic rings. The second-order valence-electron chi connectivity index (χ2n) is 6.52. The van der Waals surface area contributed by atoms with Crippen molar-refractivity contribution in [2.24, 2.45) is 0 Å². The number of nitrogens with zero attached hydrogens (tertiary/aromatic N) is 1. The van der Waals surface area contributed by atoms with Crippen LogP contribution in [0, 0.1) is 5.82 Å². The van der Waals surface area contributed by atoms with Gasteiger partial charge in [0.25, 0.3) is 0 Å². The van der Waals surface area contributed by atoms with Crippen LogP contribution in [0.25, 0.3) is 0 Å². The third-order valence-corrected chi connectivity index (χ3v) is 5.37. The van der Waals surface area contributed by atoms with Crippen LogP contribution in [0.1, 0.15) is 45.2 Å². The molecule has 1 aliphatic heterocycles. The van der Waals surface area contributed by atoms with Gasteiger partial charge >= 0.3 is 0 Å². The van der Waals surface area contributed by atoms with Crippen molar-refractivity contribution in [3.8, 4) is 0 Å². The van der Waals surface area contributed by atoms with Gasteiger partial charge in [0.2, 0.25) is 0 Å². The predicted octanol–water partition coefficient (Wildman–Crippen LogP) is 3.58. The fourth-order valence-electron chi connectivity index (χ4n) is 2.95. The summed E-state index contributed by atoms with van der Waals surface area (Å²) in [7, 11) is 0. The molecule has 0 amide bonds. The highest BCUT2D eigenvalue weighted by molar-refractivity contribution is 7.99. The number of thioether (sulfide) groups is 1. The molecule has 0 unspecified atom stereocenters. The van der Waals surface area contributed by atoms with E-state index >= 15 is 0 Å². The van der Waals surface area contributed by atoms with E-state index in [1.807, 2.05) is 17.8 Å². The van der Waals surface area contributed by atoms with Crippen molar-refractivity contribution in [1.82, 2.24) is 5.32 Å². The minimum Gasteiger partial charge on any atom is -0.393 e. The number of anilines is 1. The standard InChI is InChI=1S/C18H29FN2OS/c1-13(2)23-11-8-20-14(3)17-12-15(19)4-5-18(17)21-9-6-16(22)7-10-21/h4-5,12-14,16,20,22H,6-11H2,1-3H3/t14-/m1/s1. The summed E-state index contributed by atoms with van der Waals surface area (Å²) in [4.78, 5) is 2.27. The van der Waals surface area contributed by atoms with Crippen LogP contribution in [-0.2, 0) is 0 Å². The lowest BCUT2D eigenvalue weighted by molar-refractivity contribution is 0.145. The van der Waals surface area contributed by atoms with Crippen LogP contribution < -0.4 is 10.2 Å². The average Bonchev–Trinajstić information content (AvgIpc) is 2.52. The SMILES string of the molecule is CC(C)SCCN[C@H](C)c1cc(F)ccc1N1CCC(O)CC1. The number of aliphatic hydroxyl groups is 1. The van der Waals surface area contributed by atoms with Crippen LogP contribution in [0.15, 0.2) is 18.2 Å². The molecule has 0 saturated carbocycles. The van der Waals surface area contributed by atoms with E-state index in [4.69, 9.17) is 0 Å². The summed E-state index contributed by atoms with van der Waals surface area (Å²) in [6.07, 6.45) is 1.37. The Labute approximate surface area is 143 Å². The number of hydrogen-bond acceptors (Lipinski definition) is 4. The van der Waals surface area contributed by atoms with Gasteiger partial charge in [-0.1, -0.05) is 13.8 Å². The van der Waals surface area contributed by atoms with E-state index in [2.05, 4.69) is 31.0 Å². The van der Waals surface area contributed by atoms with Crippen LogP contribution in [0.4, 0.5) is 10.1 Å². The lowest BCUT2D eigenvalue weighted by atomic mass is 10.0. The maximum atomic E-state index is 13.7. The molecule has 0 radical (unpaired) electrons. The molecular weight excluding hydrogens is 311 g/mol. The maximum Gasteiger partial charge on any atom is 0.123 e. The largest absolute Gasteiger partial charge is 0.393 e. The second-order valence-corrected chi connectivity index (χ2v) is 8.20. The molecule has 23 heavy (non-hydrogen) atoms. The molecule has 1 atom stereocenters. The Balaban J connectivity index is 2.02. The zero-order valence-corrected chi connectivity index (χ0v) is 15.2. The lowest BCUT2D eigenvalue weighted by Gasteiger charge is -2.34. The molecule has 1 saturated heterocycles. The van der Waals surface area contributed by atoms with E-state index < -0.39 is 0 Å². The Hall–Kier alpha value is -0.780. The number of rotatable bonds is 7. The summed E-state index contributed by atoms with van der Waals surface area (Å²) in [5.74, 6) is 0.869. The minimum atomic E-state index is -0.196. The van der Waals surface area contributed by atoms with Crippen molar-refractivity contribution >= 4 is 17.4 Å². The molecule has 2 rings (SSSR count). The van der Waals surface area contributed by atoms with Gasteiger partial charge < -0.3 is 15.3 Å². The Bertz CT molecular complexity index is 490. The number of aliphatic hydroxyl groups excluding tert-OH is 1. The topological polar surface area (TPSA) is 35.5 Å². The molecule has 1 aromatic carbocycles. The Morgan fingerprint density at radius 3 is 2.65 bits per heavy atom. The van der Waals surface area contributed by atoms with Crippen LogP contribution in [0.5, 0.6) is 0 Å². The van der Waals surface area contributed by atoms with E-state index in [9.17, 15) is 9.50 Å². The Morgan fingerprint density at radius 2 is 2.00 bits per heavy atom. The van der Waals surface area contributed by atoms with Crippen molar-refractivity contribution in [1.29, 1.82) is 0 Å². The molecule has 130 valence electrons. The summed E-state index contributed by atoms with van der Waals surface area (Å²) in [5.41, 5.74) is 2.10. The zero-order valence-electron chi connectivity index (χ0n) is 14.4. The van der Waals surface area contributed by atoms with Crippen LogP contribution in [0.2, 0.25) is 0 Å². The third kappa shape index (κ3) is 5.66. The van der Waals surface area contributed by atoms with E-state index in [0.717, 1.165) is 49.5 Å². The maximum absolute atomic E-state index is 13.7. The lowest BCUT2D eigenvalue weighted by Crippen LogP contribution is -2.37. The first-order valence-electron chi connectivity index (χ1n) is 8.55. The van der Waals surface area contributed by atoms with E-state index in [1.165, 1.54) is 6.07 Å². The summed E-state index contributed by atoms with van der Waals surface area (Å²) in [5, 5.41) is 13.8. The van der Waals surface area contributed by atoms with Gasteiger partial charge in [-0.3, -0.25) is 0 Å². The number of piperidine rings is 1. The molecule has 2 N–H and O–H groups in total. The fourth-order valence-corrected chi connectivity index (χ4v) is 3.65. The summed E-state index contributed by atoms with van der Waals surface area (Å²) >= 11 is 1.93. The zero-order chi connectivity index (χ0) is 16.8. The van der Waals surface area contributed by atoms with Gasteiger partial charge in [-0.2, -0.15) is 11.8 Å². The smallest absolute Gasteiger partial charge is 0.123 e. The summed E-state index contributed by atoms with van der Waals surface area (Å²) in [6.45, 7) is 9.06. The Morgan fingerprint density at radius 1 is 1.30 bits per heavy atom. The van der Waals surface area contributed by atoms with Gasteiger partial charge in [0, 0.05) is 37.1 Å². The molecule has 0 aromatic heterocycles. The number of hydrogen-bond donors (Lipinski definition) is 2. The van der Waals surface area contributed by atoms with E-state index in [0.29, 0.717) is 5.25 Å². The fraction of sp³-hybridized carbons (Fsp3) is 0.667. The first-order chi connectivity index (χ1) is 11.0. The second kappa shape index (κ2) is 8.90. The molecule has 0 spiro atoms. The molecule has 1 heterocycles. The van der Waals surface area contributed by atoms with E-state index in [-0.39, 0.29) is 18.0 Å². The highest BCUT2D eigenvalue weighted by atomic mass is 32.2. The molecule has 5 heteroatoms. The van der Waals surface area contributed by atoms with Gasteiger partial charge in [0.15, 0.2) is 0 Å². The van der Waals surface area contributed by atoms with Crippen LogP contribution in [-0.4, -0.2) is 41.8 Å². The first-order valence-corrected chi connectivity index (χ1v) is 9.59. The average molecular weight is 341 g/mol. The summed E-state index contributed by atoms with van der Waals surface area (Å²) < 4.78 is 13.7. The first kappa shape index (κ1) is 18.6. The van der Waals surface area contributed by atoms with Gasteiger partial charge in [-0.05, 0) is 48.8 Å². The van der Waals surface area contributed by atoms with Gasteiger partial charge in [-0.15, -0.1) is 0 Å². The van der Waals surface area contributed by atoms with Crippen molar-refractivity contribution in [3.05, 3.63) is 29.6 Å². The molecule has 0 bridgehead atoms. The van der Waals surface area contributed by atoms with Crippen LogP contribution in [0.3, 0.4) is 0 Å². The summed E-state index contributed by atoms with van der Waals surface area (Å²) in [6, 6.07) is 5.17. The number of benzene rings is 1. The Kier molecular flexibility index (Phi) is 7.18. The highest BCUT2D eigenvalue weighted by Gasteiger charge is 2.21. The molecule has 1 fully saturated rings. The molecule has 3 nitrogen and oxygen atoms in total. The van der Waals surface area contributed by atoms with Crippen molar-refractivity contribution in [3.63, 3.8) is 0 Å². The molecule has 0 aliphatic carbocycles. The minimum absolute atomic E-state index is 0.111. The van der Waals surface area contributed by atoms with Crippen LogP contribution >= 0.6 is 11.8 Å². The van der Waals surface area contributed by atoms with Crippen molar-refractivity contribution < 1.29 is 9.50 Å². The predicted molar refractivity (Wildman–Crippen MR) is 97.9 cm³/mol. The van der Waals surface area contributed by atoms with Crippen molar-refractivity contribution in [2.45, 2.75) is 51.0 Å². The number of halogens is 1. The van der Waals surface area contributed by atoms with Gasteiger partial charge in [0.05, 0.1) is 6.10 Å². The van der Waals surface area contributed by atoms with Gasteiger partial charge in [0.1, 0.15) is 5.82 Å². The molecule has 1 aromatic rings. The highest BCUT2D eigenvalue weighted by Crippen LogP contribution is 2.29. The quantitative estimate of drug-likeness (QED) is 0.744. The third-order valence-electron chi connectivity index (χ3n) is 4.27. The monoisotopic (exact) mass is 340 g/mol. The van der Waals surface area contributed by atoms with Crippen molar-refractivity contribution in [2.75, 3.05) is 30.3 Å². The molecular formula is C18H29FN2OS. The van der Waals surface area contributed by atoms with E-state index in [1.54, 1.807) is 6.07 Å². The van der Waals surface area contributed by atoms with Gasteiger partial charge in [-0.25, -0.2) is 4.39 Å².